The molecule has 0 spiro atoms. The van der Waals surface area contributed by atoms with E-state index in [1.165, 1.54) is 71.5 Å². The Balaban J connectivity index is 1.59. The van der Waals surface area contributed by atoms with Crippen molar-refractivity contribution in [3.8, 4) is 0 Å². The van der Waals surface area contributed by atoms with Gasteiger partial charge in [0, 0.05) is 57.9 Å². The highest BCUT2D eigenvalue weighted by molar-refractivity contribution is 4.80. The van der Waals surface area contributed by atoms with E-state index in [1.807, 2.05) is 0 Å². The molecule has 2 rings (SSSR count). The molecule has 0 bridgehead atoms. The number of nitrogens with one attached hydrogen (secondary N) is 1. The van der Waals surface area contributed by atoms with Gasteiger partial charge in [-0.15, -0.1) is 0 Å². The predicted octanol–water partition coefficient (Wildman–Crippen LogP) is 1.09. The van der Waals surface area contributed by atoms with Gasteiger partial charge in [0.15, 0.2) is 0 Å². The summed E-state index contributed by atoms with van der Waals surface area (Å²) in [6.45, 7) is 10.9. The fourth-order valence-corrected chi connectivity index (χ4v) is 3.37. The van der Waals surface area contributed by atoms with Crippen molar-refractivity contribution in [3.63, 3.8) is 0 Å². The molecule has 0 aromatic carbocycles. The van der Waals surface area contributed by atoms with Crippen molar-refractivity contribution in [1.29, 1.82) is 0 Å². The molecule has 0 amide bonds. The lowest BCUT2D eigenvalue weighted by Gasteiger charge is -2.38. The Bertz CT molecular complexity index is 255. The third kappa shape index (κ3) is 5.32. The zero-order valence-corrected chi connectivity index (χ0v) is 13.8. The van der Waals surface area contributed by atoms with Crippen LogP contribution >= 0.6 is 0 Å². The van der Waals surface area contributed by atoms with Gasteiger partial charge in [-0.05, 0) is 33.9 Å². The summed E-state index contributed by atoms with van der Waals surface area (Å²) in [5.41, 5.74) is 0. The molecule has 0 aromatic rings. The van der Waals surface area contributed by atoms with E-state index in [-0.39, 0.29) is 0 Å². The van der Waals surface area contributed by atoms with Crippen molar-refractivity contribution in [2.75, 3.05) is 59.9 Å². The molecule has 4 nitrogen and oxygen atoms in total. The van der Waals surface area contributed by atoms with Crippen molar-refractivity contribution in [2.24, 2.45) is 0 Å². The Morgan fingerprint density at radius 3 is 2.35 bits per heavy atom. The molecule has 1 saturated carbocycles. The minimum absolute atomic E-state index is 0.687. The first-order valence-electron chi connectivity index (χ1n) is 8.49. The molecular formula is C16H34N4. The summed E-state index contributed by atoms with van der Waals surface area (Å²) in [4.78, 5) is 7.54. The maximum atomic E-state index is 3.77. The van der Waals surface area contributed by atoms with Crippen molar-refractivity contribution < 1.29 is 0 Å². The predicted molar refractivity (Wildman–Crippen MR) is 86.3 cm³/mol. The Morgan fingerprint density at radius 1 is 1.10 bits per heavy atom. The van der Waals surface area contributed by atoms with Gasteiger partial charge in [0.05, 0.1) is 0 Å². The van der Waals surface area contributed by atoms with Crippen LogP contribution in [0.2, 0.25) is 0 Å². The number of piperazine rings is 1. The van der Waals surface area contributed by atoms with Crippen molar-refractivity contribution in [2.45, 2.75) is 44.7 Å². The maximum absolute atomic E-state index is 3.77. The quantitative estimate of drug-likeness (QED) is 0.754. The third-order valence-electron chi connectivity index (χ3n) is 4.95. The lowest BCUT2D eigenvalue weighted by molar-refractivity contribution is 0.0960. The van der Waals surface area contributed by atoms with Crippen LogP contribution < -0.4 is 5.32 Å². The van der Waals surface area contributed by atoms with E-state index in [4.69, 9.17) is 0 Å². The third-order valence-corrected chi connectivity index (χ3v) is 4.95. The van der Waals surface area contributed by atoms with E-state index in [0.717, 1.165) is 6.04 Å². The smallest absolute Gasteiger partial charge is 0.0193 e. The van der Waals surface area contributed by atoms with Gasteiger partial charge < -0.3 is 10.2 Å². The molecule has 4 heteroatoms. The summed E-state index contributed by atoms with van der Waals surface area (Å²) in [5.74, 6) is 0. The van der Waals surface area contributed by atoms with E-state index < -0.39 is 0 Å². The topological polar surface area (TPSA) is 21.8 Å². The molecule has 2 fully saturated rings. The van der Waals surface area contributed by atoms with Crippen molar-refractivity contribution in [3.05, 3.63) is 0 Å². The molecule has 0 aromatic heterocycles. The second-order valence-corrected chi connectivity index (χ2v) is 6.92. The average molecular weight is 282 g/mol. The van der Waals surface area contributed by atoms with Crippen LogP contribution in [-0.2, 0) is 0 Å². The van der Waals surface area contributed by atoms with Gasteiger partial charge in [0.25, 0.3) is 0 Å². The zero-order chi connectivity index (χ0) is 14.4. The fraction of sp³-hybridized carbons (Fsp3) is 1.00. The SMILES string of the molecule is CC(CNC1CCCC1)N1CCN(CCN(C)C)CC1. The van der Waals surface area contributed by atoms with Gasteiger partial charge in [-0.25, -0.2) is 0 Å². The van der Waals surface area contributed by atoms with Crippen LogP contribution in [0.3, 0.4) is 0 Å². The summed E-state index contributed by atoms with van der Waals surface area (Å²) in [6, 6.07) is 1.49. The molecule has 118 valence electrons. The maximum Gasteiger partial charge on any atom is 0.0193 e. The molecule has 1 aliphatic heterocycles. The van der Waals surface area contributed by atoms with Crippen LogP contribution in [0.5, 0.6) is 0 Å². The number of hydrogen-bond acceptors (Lipinski definition) is 4. The largest absolute Gasteiger partial charge is 0.312 e. The first-order valence-corrected chi connectivity index (χ1v) is 8.49. The first-order chi connectivity index (χ1) is 9.65. The van der Waals surface area contributed by atoms with Crippen molar-refractivity contribution >= 4 is 0 Å². The molecular weight excluding hydrogens is 248 g/mol. The van der Waals surface area contributed by atoms with Gasteiger partial charge in [-0.1, -0.05) is 12.8 Å². The van der Waals surface area contributed by atoms with E-state index >= 15 is 0 Å². The number of hydrogen-bond donors (Lipinski definition) is 1. The summed E-state index contributed by atoms with van der Waals surface area (Å²) in [6.07, 6.45) is 5.64. The monoisotopic (exact) mass is 282 g/mol. The minimum atomic E-state index is 0.687. The van der Waals surface area contributed by atoms with Gasteiger partial charge in [0.2, 0.25) is 0 Å². The zero-order valence-electron chi connectivity index (χ0n) is 13.8. The molecule has 1 aliphatic carbocycles. The molecule has 20 heavy (non-hydrogen) atoms. The standard InChI is InChI=1S/C16H34N4/c1-15(14-17-16-6-4-5-7-16)20-12-10-19(11-13-20)9-8-18(2)3/h15-17H,4-14H2,1-3H3. The molecule has 1 atom stereocenters. The molecule has 1 heterocycles. The number of nitrogens with zero attached hydrogens (tertiary/aromatic N) is 3. The Kier molecular flexibility index (Phi) is 6.75. The molecule has 2 aliphatic rings. The van der Waals surface area contributed by atoms with E-state index in [0.29, 0.717) is 6.04 Å². The number of rotatable bonds is 7. The molecule has 1 N–H and O–H groups in total. The van der Waals surface area contributed by atoms with Crippen LogP contribution in [0, 0.1) is 0 Å². The normalized spacial score (nSPS) is 24.6. The van der Waals surface area contributed by atoms with E-state index in [2.05, 4.69) is 41.0 Å². The van der Waals surface area contributed by atoms with E-state index in [9.17, 15) is 0 Å². The highest BCUT2D eigenvalue weighted by atomic mass is 15.3. The summed E-state index contributed by atoms with van der Waals surface area (Å²) in [5, 5.41) is 3.77. The Labute approximate surface area is 125 Å². The second-order valence-electron chi connectivity index (χ2n) is 6.92. The second kappa shape index (κ2) is 8.32. The summed E-state index contributed by atoms with van der Waals surface area (Å²) < 4.78 is 0. The highest BCUT2D eigenvalue weighted by Gasteiger charge is 2.22. The molecule has 1 unspecified atom stereocenters. The Hall–Kier alpha value is -0.160. The number of likely N-dealkylation sites (N-methyl/N-ethyl adjacent to an activating group) is 1. The fourth-order valence-electron chi connectivity index (χ4n) is 3.37. The lowest BCUT2D eigenvalue weighted by atomic mass is 10.2. The van der Waals surface area contributed by atoms with Crippen molar-refractivity contribution in [1.82, 2.24) is 20.0 Å². The van der Waals surface area contributed by atoms with Crippen LogP contribution in [0.25, 0.3) is 0 Å². The molecule has 1 saturated heterocycles. The van der Waals surface area contributed by atoms with Gasteiger partial charge in [0.1, 0.15) is 0 Å². The van der Waals surface area contributed by atoms with E-state index in [1.54, 1.807) is 0 Å². The van der Waals surface area contributed by atoms with Crippen LogP contribution in [0.1, 0.15) is 32.6 Å². The van der Waals surface area contributed by atoms with Crippen LogP contribution in [0.4, 0.5) is 0 Å². The van der Waals surface area contributed by atoms with Gasteiger partial charge in [-0.2, -0.15) is 0 Å². The minimum Gasteiger partial charge on any atom is -0.312 e. The van der Waals surface area contributed by atoms with Crippen LogP contribution in [0.15, 0.2) is 0 Å². The highest BCUT2D eigenvalue weighted by Crippen LogP contribution is 2.17. The lowest BCUT2D eigenvalue weighted by Crippen LogP contribution is -2.53. The average Bonchev–Trinajstić information content (AvgIpc) is 2.96. The first kappa shape index (κ1) is 16.2. The molecule has 0 radical (unpaired) electrons. The van der Waals surface area contributed by atoms with Gasteiger partial charge in [-0.3, -0.25) is 9.80 Å². The van der Waals surface area contributed by atoms with Crippen LogP contribution in [-0.4, -0.2) is 86.7 Å². The summed E-state index contributed by atoms with van der Waals surface area (Å²) in [7, 11) is 4.32. The Morgan fingerprint density at radius 2 is 1.75 bits per heavy atom. The van der Waals surface area contributed by atoms with Gasteiger partial charge >= 0.3 is 0 Å². The summed E-state index contributed by atoms with van der Waals surface area (Å²) >= 11 is 0.